The zero-order valence-electron chi connectivity index (χ0n) is 15.4. The summed E-state index contributed by atoms with van der Waals surface area (Å²) in [6.07, 6.45) is 0.0998. The van der Waals surface area contributed by atoms with Gasteiger partial charge in [0.2, 0.25) is 5.91 Å². The first-order valence-electron chi connectivity index (χ1n) is 9.16. The van der Waals surface area contributed by atoms with Gasteiger partial charge in [-0.15, -0.1) is 0 Å². The van der Waals surface area contributed by atoms with Gasteiger partial charge in [-0.25, -0.2) is 0 Å². The molecular weight excluding hydrogens is 372 g/mol. The second-order valence-electron chi connectivity index (χ2n) is 6.81. The van der Waals surface area contributed by atoms with Crippen molar-refractivity contribution in [1.29, 1.82) is 0 Å². The van der Waals surface area contributed by atoms with Crippen LogP contribution in [-0.2, 0) is 16.1 Å². The van der Waals surface area contributed by atoms with Crippen LogP contribution in [0.3, 0.4) is 0 Å². The van der Waals surface area contributed by atoms with Crippen molar-refractivity contribution in [2.75, 3.05) is 6.54 Å². The Hall–Kier alpha value is -3.81. The number of Topliss-reactive ketones (excluding diaryl/α,β-unsaturated/α-hetero) is 1. The zero-order chi connectivity index (χ0) is 20.4. The number of hydrazone groups is 1. The minimum absolute atomic E-state index is 0.0998. The predicted molar refractivity (Wildman–Crippen MR) is 104 cm³/mol. The summed E-state index contributed by atoms with van der Waals surface area (Å²) in [4.78, 5) is 50.5. The molecule has 1 unspecified atom stereocenters. The first-order chi connectivity index (χ1) is 14.0. The molecule has 4 rings (SSSR count). The van der Waals surface area contributed by atoms with E-state index in [-0.39, 0.29) is 29.2 Å². The Labute approximate surface area is 166 Å². The molecule has 2 N–H and O–H groups in total. The molecule has 0 fully saturated rings. The maximum absolute atomic E-state index is 12.5. The van der Waals surface area contributed by atoms with Crippen LogP contribution >= 0.6 is 0 Å². The molecule has 0 spiro atoms. The molecule has 2 aromatic carbocycles. The van der Waals surface area contributed by atoms with Crippen LogP contribution in [0.25, 0.3) is 0 Å². The quantitative estimate of drug-likeness (QED) is 0.712. The van der Waals surface area contributed by atoms with E-state index in [9.17, 15) is 19.2 Å². The predicted octanol–water partition coefficient (Wildman–Crippen LogP) is 0.886. The van der Waals surface area contributed by atoms with E-state index in [4.69, 9.17) is 0 Å². The summed E-state index contributed by atoms with van der Waals surface area (Å²) < 4.78 is 0. The summed E-state index contributed by atoms with van der Waals surface area (Å²) >= 11 is 0. The summed E-state index contributed by atoms with van der Waals surface area (Å²) in [7, 11) is 0. The van der Waals surface area contributed by atoms with Gasteiger partial charge in [-0.05, 0) is 17.7 Å². The molecule has 146 valence electrons. The van der Waals surface area contributed by atoms with Crippen molar-refractivity contribution < 1.29 is 19.2 Å². The molecule has 2 aliphatic rings. The molecule has 29 heavy (non-hydrogen) atoms. The van der Waals surface area contributed by atoms with Gasteiger partial charge in [-0.1, -0.05) is 42.5 Å². The molecule has 0 bridgehead atoms. The largest absolute Gasteiger partial charge is 0.350 e. The molecule has 2 aromatic rings. The first-order valence-corrected chi connectivity index (χ1v) is 9.16. The number of benzene rings is 2. The van der Waals surface area contributed by atoms with Crippen LogP contribution in [-0.4, -0.2) is 46.7 Å². The van der Waals surface area contributed by atoms with Gasteiger partial charge in [-0.3, -0.25) is 29.5 Å². The monoisotopic (exact) mass is 390 g/mol. The summed E-state index contributed by atoms with van der Waals surface area (Å²) in [5, 5.41) is 6.74. The van der Waals surface area contributed by atoms with Crippen LogP contribution in [0.2, 0.25) is 0 Å². The van der Waals surface area contributed by atoms with E-state index < -0.39 is 30.2 Å². The van der Waals surface area contributed by atoms with Gasteiger partial charge in [0.25, 0.3) is 11.8 Å². The van der Waals surface area contributed by atoms with Gasteiger partial charge in [0.1, 0.15) is 11.8 Å². The summed E-state index contributed by atoms with van der Waals surface area (Å²) in [6, 6.07) is 15.2. The van der Waals surface area contributed by atoms with E-state index in [2.05, 4.69) is 15.8 Å². The normalized spacial score (nSPS) is 17.6. The summed E-state index contributed by atoms with van der Waals surface area (Å²) in [5.41, 5.74) is 4.33. The Morgan fingerprint density at radius 3 is 2.28 bits per heavy atom. The van der Waals surface area contributed by atoms with Gasteiger partial charge in [0.05, 0.1) is 17.7 Å². The number of amides is 3. The average molecular weight is 390 g/mol. The lowest BCUT2D eigenvalue weighted by Gasteiger charge is -2.13. The minimum Gasteiger partial charge on any atom is -0.350 e. The molecule has 8 heteroatoms. The molecule has 8 nitrogen and oxygen atoms in total. The maximum atomic E-state index is 12.5. The van der Waals surface area contributed by atoms with Crippen molar-refractivity contribution in [3.05, 3.63) is 71.3 Å². The lowest BCUT2D eigenvalue weighted by atomic mass is 10.1. The number of hydrogen-bond acceptors (Lipinski definition) is 6. The second kappa shape index (κ2) is 7.67. The standard InChI is InChI=1S/C21H18N4O4/c26-18(12-25-20(28)14-8-4-5-9-15(14)21(25)29)16-10-17(24-23-16)19(27)22-11-13-6-2-1-3-7-13/h1-9,17,24H,10-12H2,(H,22,27). The van der Waals surface area contributed by atoms with Crippen molar-refractivity contribution in [3.63, 3.8) is 0 Å². The number of rotatable bonds is 6. The van der Waals surface area contributed by atoms with E-state index in [0.29, 0.717) is 6.54 Å². The van der Waals surface area contributed by atoms with Gasteiger partial charge < -0.3 is 5.32 Å². The number of carbonyl (C=O) groups is 4. The third kappa shape index (κ3) is 3.64. The van der Waals surface area contributed by atoms with Gasteiger partial charge in [-0.2, -0.15) is 5.10 Å². The molecule has 1 atom stereocenters. The fourth-order valence-corrected chi connectivity index (χ4v) is 3.29. The lowest BCUT2D eigenvalue weighted by Crippen LogP contribution is -2.41. The number of nitrogens with zero attached hydrogens (tertiary/aromatic N) is 2. The van der Waals surface area contributed by atoms with Crippen LogP contribution in [0.5, 0.6) is 0 Å². The van der Waals surface area contributed by atoms with Crippen molar-refractivity contribution >= 4 is 29.2 Å². The molecular formula is C21H18N4O4. The van der Waals surface area contributed by atoms with E-state index >= 15 is 0 Å². The maximum Gasteiger partial charge on any atom is 0.261 e. The number of ketones is 1. The van der Waals surface area contributed by atoms with Gasteiger partial charge in [0.15, 0.2) is 5.78 Å². The second-order valence-corrected chi connectivity index (χ2v) is 6.81. The van der Waals surface area contributed by atoms with Gasteiger partial charge in [0, 0.05) is 13.0 Å². The van der Waals surface area contributed by atoms with Crippen molar-refractivity contribution in [3.8, 4) is 0 Å². The number of hydrogen-bond donors (Lipinski definition) is 2. The Morgan fingerprint density at radius 2 is 1.62 bits per heavy atom. The third-order valence-corrected chi connectivity index (χ3v) is 4.88. The smallest absolute Gasteiger partial charge is 0.261 e. The molecule has 0 saturated heterocycles. The van der Waals surface area contributed by atoms with E-state index in [1.165, 1.54) is 0 Å². The molecule has 3 amide bonds. The van der Waals surface area contributed by atoms with Crippen molar-refractivity contribution in [2.45, 2.75) is 19.0 Å². The molecule has 2 heterocycles. The number of carbonyl (C=O) groups excluding carboxylic acids is 4. The average Bonchev–Trinajstić information content (AvgIpc) is 3.33. The van der Waals surface area contributed by atoms with Crippen molar-refractivity contribution in [1.82, 2.24) is 15.6 Å². The fraction of sp³-hybridized carbons (Fsp3) is 0.190. The number of imide groups is 1. The summed E-state index contributed by atoms with van der Waals surface area (Å²) in [5.74, 6) is -1.74. The SMILES string of the molecule is O=C(CN1C(=O)c2ccccc2C1=O)C1=NNC(C(=O)NCc2ccccc2)C1. The van der Waals surface area contributed by atoms with E-state index in [0.717, 1.165) is 10.5 Å². The Morgan fingerprint density at radius 1 is 1.00 bits per heavy atom. The molecule has 0 radical (unpaired) electrons. The van der Waals surface area contributed by atoms with Gasteiger partial charge >= 0.3 is 0 Å². The van der Waals surface area contributed by atoms with Crippen LogP contribution in [0.15, 0.2) is 59.7 Å². The molecule has 0 aliphatic carbocycles. The summed E-state index contributed by atoms with van der Waals surface area (Å²) in [6.45, 7) is -0.0264. The Bertz CT molecular complexity index is 997. The van der Waals surface area contributed by atoms with Crippen LogP contribution in [0.4, 0.5) is 0 Å². The highest BCUT2D eigenvalue weighted by Crippen LogP contribution is 2.22. The third-order valence-electron chi connectivity index (χ3n) is 4.88. The molecule has 0 saturated carbocycles. The highest BCUT2D eigenvalue weighted by Gasteiger charge is 2.38. The number of fused-ring (bicyclic) bond motifs is 1. The van der Waals surface area contributed by atoms with E-state index in [1.807, 2.05) is 30.3 Å². The lowest BCUT2D eigenvalue weighted by molar-refractivity contribution is -0.122. The fourth-order valence-electron chi connectivity index (χ4n) is 3.29. The van der Waals surface area contributed by atoms with E-state index in [1.54, 1.807) is 24.3 Å². The van der Waals surface area contributed by atoms with Crippen LogP contribution in [0, 0.1) is 0 Å². The number of nitrogens with one attached hydrogen (secondary N) is 2. The highest BCUT2D eigenvalue weighted by atomic mass is 16.2. The molecule has 2 aliphatic heterocycles. The topological polar surface area (TPSA) is 108 Å². The minimum atomic E-state index is -0.667. The highest BCUT2D eigenvalue weighted by molar-refractivity contribution is 6.42. The first kappa shape index (κ1) is 18.5. The van der Waals surface area contributed by atoms with Crippen LogP contribution < -0.4 is 10.7 Å². The van der Waals surface area contributed by atoms with Crippen LogP contribution in [0.1, 0.15) is 32.7 Å². The molecule has 0 aromatic heterocycles. The van der Waals surface area contributed by atoms with Crippen molar-refractivity contribution in [2.24, 2.45) is 5.10 Å². The Kier molecular flexibility index (Phi) is 4.90. The Balaban J connectivity index is 1.32. The zero-order valence-corrected chi connectivity index (χ0v) is 15.4.